The van der Waals surface area contributed by atoms with E-state index in [2.05, 4.69) is 4.98 Å². The molecular formula is C14H17N3O2S. The van der Waals surface area contributed by atoms with Crippen LogP contribution in [0.5, 0.6) is 11.5 Å². The lowest BCUT2D eigenvalue weighted by molar-refractivity contribution is 0.279. The molecule has 0 saturated heterocycles. The molecule has 0 bridgehead atoms. The second-order valence-electron chi connectivity index (χ2n) is 4.01. The summed E-state index contributed by atoms with van der Waals surface area (Å²) < 4.78 is 11.2. The van der Waals surface area contributed by atoms with Crippen LogP contribution in [0.4, 0.5) is 0 Å². The summed E-state index contributed by atoms with van der Waals surface area (Å²) in [6, 6.07) is 7.59. The fourth-order valence-corrected chi connectivity index (χ4v) is 2.40. The number of nitrogens with one attached hydrogen (secondary N) is 1. The van der Waals surface area contributed by atoms with Crippen LogP contribution in [-0.2, 0) is 6.42 Å². The van der Waals surface area contributed by atoms with E-state index in [4.69, 9.17) is 20.6 Å². The van der Waals surface area contributed by atoms with Crippen molar-refractivity contribution in [2.45, 2.75) is 13.3 Å². The highest BCUT2D eigenvalue weighted by molar-refractivity contribution is 7.13. The predicted molar refractivity (Wildman–Crippen MR) is 79.9 cm³/mol. The molecule has 0 aliphatic heterocycles. The van der Waals surface area contributed by atoms with Gasteiger partial charge in [-0.15, -0.1) is 11.3 Å². The largest absolute Gasteiger partial charge is 0.490 e. The van der Waals surface area contributed by atoms with Gasteiger partial charge < -0.3 is 15.2 Å². The Kier molecular flexibility index (Phi) is 4.95. The number of para-hydroxylation sites is 2. The van der Waals surface area contributed by atoms with E-state index in [1.807, 2.05) is 31.2 Å². The molecule has 0 fully saturated rings. The van der Waals surface area contributed by atoms with Crippen molar-refractivity contribution in [3.05, 3.63) is 40.3 Å². The molecule has 20 heavy (non-hydrogen) atoms. The lowest BCUT2D eigenvalue weighted by atomic mass is 10.3. The summed E-state index contributed by atoms with van der Waals surface area (Å²) in [7, 11) is 0. The van der Waals surface area contributed by atoms with Crippen LogP contribution in [-0.4, -0.2) is 24.0 Å². The minimum absolute atomic E-state index is 0.0522. The lowest BCUT2D eigenvalue weighted by Gasteiger charge is -2.10. The predicted octanol–water partition coefficient (Wildman–Crippen LogP) is 2.45. The van der Waals surface area contributed by atoms with Gasteiger partial charge in [-0.2, -0.15) is 0 Å². The first kappa shape index (κ1) is 14.3. The van der Waals surface area contributed by atoms with Gasteiger partial charge in [0.1, 0.15) is 5.84 Å². The zero-order chi connectivity index (χ0) is 14.4. The summed E-state index contributed by atoms with van der Waals surface area (Å²) in [6.07, 6.45) is 2.30. The average Bonchev–Trinajstić information content (AvgIpc) is 2.90. The first-order chi connectivity index (χ1) is 9.70. The second kappa shape index (κ2) is 6.91. The van der Waals surface area contributed by atoms with Crippen molar-refractivity contribution in [2.75, 3.05) is 13.2 Å². The zero-order valence-corrected chi connectivity index (χ0v) is 12.1. The molecule has 2 rings (SSSR count). The fourth-order valence-electron chi connectivity index (χ4n) is 1.64. The van der Waals surface area contributed by atoms with Gasteiger partial charge in [-0.1, -0.05) is 12.1 Å². The molecule has 1 aromatic heterocycles. The smallest absolute Gasteiger partial charge is 0.161 e. The Hall–Kier alpha value is -2.08. The Bertz CT molecular complexity index is 583. The van der Waals surface area contributed by atoms with Gasteiger partial charge in [0, 0.05) is 12.6 Å². The molecule has 106 valence electrons. The Balaban J connectivity index is 1.90. The number of nitrogen functional groups attached to an aromatic ring is 1. The van der Waals surface area contributed by atoms with Crippen LogP contribution in [0.25, 0.3) is 0 Å². The fraction of sp³-hybridized carbons (Fsp3) is 0.286. The van der Waals surface area contributed by atoms with Crippen LogP contribution in [0.1, 0.15) is 16.8 Å². The van der Waals surface area contributed by atoms with Crippen LogP contribution in [0.3, 0.4) is 0 Å². The van der Waals surface area contributed by atoms with Crippen molar-refractivity contribution in [1.29, 1.82) is 5.41 Å². The maximum Gasteiger partial charge on any atom is 0.161 e. The monoisotopic (exact) mass is 291 g/mol. The Morgan fingerprint density at radius 1 is 1.30 bits per heavy atom. The topological polar surface area (TPSA) is 81.2 Å². The van der Waals surface area contributed by atoms with Gasteiger partial charge in [-0.05, 0) is 19.1 Å². The molecule has 0 amide bonds. The van der Waals surface area contributed by atoms with Crippen LogP contribution < -0.4 is 15.2 Å². The molecule has 0 radical (unpaired) electrons. The SMILES string of the molecule is CCOc1ccccc1OCCc1ncc(C(=N)N)s1. The van der Waals surface area contributed by atoms with Crippen molar-refractivity contribution in [3.8, 4) is 11.5 Å². The van der Waals surface area contributed by atoms with Crippen molar-refractivity contribution < 1.29 is 9.47 Å². The average molecular weight is 291 g/mol. The first-order valence-electron chi connectivity index (χ1n) is 6.34. The number of amidine groups is 1. The summed E-state index contributed by atoms with van der Waals surface area (Å²) in [5.41, 5.74) is 5.41. The first-order valence-corrected chi connectivity index (χ1v) is 7.16. The van der Waals surface area contributed by atoms with E-state index in [9.17, 15) is 0 Å². The number of rotatable bonds is 7. The minimum atomic E-state index is 0.0522. The highest BCUT2D eigenvalue weighted by atomic mass is 32.1. The lowest BCUT2D eigenvalue weighted by Crippen LogP contribution is -2.08. The molecule has 0 spiro atoms. The molecule has 0 aliphatic carbocycles. The van der Waals surface area contributed by atoms with E-state index < -0.39 is 0 Å². The zero-order valence-electron chi connectivity index (χ0n) is 11.3. The molecule has 6 heteroatoms. The van der Waals surface area contributed by atoms with Crippen molar-refractivity contribution in [2.24, 2.45) is 5.73 Å². The number of nitrogens with zero attached hydrogens (tertiary/aromatic N) is 1. The molecule has 0 saturated carbocycles. The van der Waals surface area contributed by atoms with E-state index in [0.29, 0.717) is 24.5 Å². The molecule has 1 aromatic carbocycles. The molecule has 5 nitrogen and oxygen atoms in total. The van der Waals surface area contributed by atoms with Crippen molar-refractivity contribution in [1.82, 2.24) is 4.98 Å². The van der Waals surface area contributed by atoms with Crippen LogP contribution in [0.15, 0.2) is 30.5 Å². The quantitative estimate of drug-likeness (QED) is 0.606. The number of nitrogens with two attached hydrogens (primary N) is 1. The molecule has 3 N–H and O–H groups in total. The van der Waals surface area contributed by atoms with Gasteiger partial charge in [0.2, 0.25) is 0 Å². The number of aromatic nitrogens is 1. The summed E-state index contributed by atoms with van der Waals surface area (Å²) in [5, 5.41) is 8.24. The molecule has 0 aliphatic rings. The third kappa shape index (κ3) is 3.71. The van der Waals surface area contributed by atoms with Gasteiger partial charge in [0.05, 0.1) is 23.1 Å². The third-order valence-corrected chi connectivity index (χ3v) is 3.63. The highest BCUT2D eigenvalue weighted by Gasteiger charge is 2.06. The van der Waals surface area contributed by atoms with E-state index in [-0.39, 0.29) is 5.84 Å². The third-order valence-electron chi connectivity index (χ3n) is 2.54. The molecule has 2 aromatic rings. The van der Waals surface area contributed by atoms with Crippen molar-refractivity contribution in [3.63, 3.8) is 0 Å². The summed E-state index contributed by atoms with van der Waals surface area (Å²) in [5.74, 6) is 1.53. The van der Waals surface area contributed by atoms with Gasteiger partial charge in [0.25, 0.3) is 0 Å². The maximum absolute atomic E-state index is 7.34. The van der Waals surface area contributed by atoms with Gasteiger partial charge >= 0.3 is 0 Å². The summed E-state index contributed by atoms with van der Waals surface area (Å²) in [6.45, 7) is 3.05. The molecular weight excluding hydrogens is 274 g/mol. The van der Waals surface area contributed by atoms with Gasteiger partial charge in [0.15, 0.2) is 11.5 Å². The van der Waals surface area contributed by atoms with Crippen LogP contribution in [0, 0.1) is 5.41 Å². The van der Waals surface area contributed by atoms with E-state index in [1.165, 1.54) is 11.3 Å². The van der Waals surface area contributed by atoms with Crippen molar-refractivity contribution >= 4 is 17.2 Å². The second-order valence-corrected chi connectivity index (χ2v) is 5.13. The minimum Gasteiger partial charge on any atom is -0.490 e. The Morgan fingerprint density at radius 3 is 2.60 bits per heavy atom. The Morgan fingerprint density at radius 2 is 2.00 bits per heavy atom. The maximum atomic E-state index is 7.34. The summed E-state index contributed by atoms with van der Waals surface area (Å²) >= 11 is 1.42. The standard InChI is InChI=1S/C14H17N3O2S/c1-2-18-10-5-3-4-6-11(10)19-8-7-13-17-9-12(20-13)14(15)16/h3-6,9H,2,7-8H2,1H3,(H3,15,16). The number of hydrogen-bond donors (Lipinski definition) is 2. The summed E-state index contributed by atoms with van der Waals surface area (Å²) in [4.78, 5) is 4.90. The molecule has 0 unspecified atom stereocenters. The van der Waals surface area contributed by atoms with Crippen LogP contribution >= 0.6 is 11.3 Å². The van der Waals surface area contributed by atoms with E-state index >= 15 is 0 Å². The molecule has 0 atom stereocenters. The number of benzene rings is 1. The van der Waals surface area contributed by atoms with E-state index in [1.54, 1.807) is 6.20 Å². The number of ether oxygens (including phenoxy) is 2. The normalized spacial score (nSPS) is 10.2. The van der Waals surface area contributed by atoms with Gasteiger partial charge in [-0.25, -0.2) is 4.98 Å². The Labute approximate surface area is 121 Å². The highest BCUT2D eigenvalue weighted by Crippen LogP contribution is 2.26. The van der Waals surface area contributed by atoms with E-state index in [0.717, 1.165) is 16.5 Å². The number of hydrogen-bond acceptors (Lipinski definition) is 5. The van der Waals surface area contributed by atoms with Gasteiger partial charge in [-0.3, -0.25) is 5.41 Å². The molecule has 1 heterocycles. The van der Waals surface area contributed by atoms with Crippen LogP contribution in [0.2, 0.25) is 0 Å². The number of thiazole rings is 1.